The first kappa shape index (κ1) is 16.5. The Kier molecular flexibility index (Phi) is 6.47. The molecule has 20 heavy (non-hydrogen) atoms. The number of rotatable bonds is 5. The lowest BCUT2D eigenvalue weighted by Gasteiger charge is -2.12. The fourth-order valence-corrected chi connectivity index (χ4v) is 2.18. The summed E-state index contributed by atoms with van der Waals surface area (Å²) >= 11 is 3.43. The predicted octanol–water partition coefficient (Wildman–Crippen LogP) is 0.538. The minimum absolute atomic E-state index is 0.0904. The molecule has 0 fully saturated rings. The zero-order chi connectivity index (χ0) is 15.1. The van der Waals surface area contributed by atoms with E-state index in [0.717, 1.165) is 15.8 Å². The molecule has 6 nitrogen and oxygen atoms in total. The first-order valence-electron chi connectivity index (χ1n) is 6.16. The highest BCUT2D eigenvalue weighted by molar-refractivity contribution is 9.10. The smallest absolute Gasteiger partial charge is 0.321 e. The van der Waals surface area contributed by atoms with Gasteiger partial charge in [0.25, 0.3) is 5.91 Å². The topological polar surface area (TPSA) is 84.0 Å². The normalized spacial score (nSPS) is 11.6. The van der Waals surface area contributed by atoms with E-state index >= 15 is 0 Å². The molecule has 1 atom stereocenters. The molecule has 0 aliphatic rings. The van der Waals surface area contributed by atoms with E-state index in [1.54, 1.807) is 7.11 Å². The Labute approximate surface area is 126 Å². The van der Waals surface area contributed by atoms with Crippen LogP contribution in [-0.2, 0) is 4.79 Å². The second-order valence-electron chi connectivity index (χ2n) is 4.25. The molecular weight excluding hydrogens is 326 g/mol. The van der Waals surface area contributed by atoms with Crippen LogP contribution in [0.5, 0.6) is 5.75 Å². The second-order valence-corrected chi connectivity index (χ2v) is 5.10. The molecular formula is C13H19BrN3O3+. The van der Waals surface area contributed by atoms with Gasteiger partial charge >= 0.3 is 6.03 Å². The number of carbonyl (C=O) groups is 2. The number of quaternary nitrogens is 1. The van der Waals surface area contributed by atoms with Crippen LogP contribution >= 0.6 is 15.9 Å². The molecule has 0 unspecified atom stereocenters. The molecule has 1 aromatic rings. The molecule has 1 rings (SSSR count). The first-order valence-corrected chi connectivity index (χ1v) is 6.95. The van der Waals surface area contributed by atoms with Crippen LogP contribution in [0.2, 0.25) is 0 Å². The lowest BCUT2D eigenvalue weighted by molar-refractivity contribution is -0.682. The molecule has 0 bridgehead atoms. The minimum Gasteiger partial charge on any atom is -0.496 e. The van der Waals surface area contributed by atoms with Crippen molar-refractivity contribution in [2.24, 2.45) is 0 Å². The van der Waals surface area contributed by atoms with Crippen molar-refractivity contribution >= 4 is 27.9 Å². The van der Waals surface area contributed by atoms with E-state index in [4.69, 9.17) is 4.74 Å². The summed E-state index contributed by atoms with van der Waals surface area (Å²) in [6.45, 7) is 2.17. The standard InChI is InChI=1S/C13H18BrN3O3/c1-8(16-7-12(18)17-13(19)15-2)9-4-5-11(20-3)10(14)6-9/h4-6,8,16H,7H2,1-3H3,(H2,15,17,18,19)/p+1/t8-/m0/s1. The van der Waals surface area contributed by atoms with E-state index in [9.17, 15) is 9.59 Å². The van der Waals surface area contributed by atoms with Crippen LogP contribution in [0.3, 0.4) is 0 Å². The first-order chi connectivity index (χ1) is 9.47. The highest BCUT2D eigenvalue weighted by Crippen LogP contribution is 2.26. The highest BCUT2D eigenvalue weighted by atomic mass is 79.9. The number of benzene rings is 1. The van der Waals surface area contributed by atoms with Gasteiger partial charge in [0.2, 0.25) is 0 Å². The summed E-state index contributed by atoms with van der Waals surface area (Å²) < 4.78 is 6.04. The number of ether oxygens (including phenoxy) is 1. The van der Waals surface area contributed by atoms with Crippen molar-refractivity contribution in [1.29, 1.82) is 0 Å². The summed E-state index contributed by atoms with van der Waals surface area (Å²) in [6, 6.07) is 5.36. The number of hydrogen-bond acceptors (Lipinski definition) is 3. The van der Waals surface area contributed by atoms with Gasteiger partial charge < -0.3 is 15.4 Å². The van der Waals surface area contributed by atoms with Crippen LogP contribution in [0.1, 0.15) is 18.5 Å². The van der Waals surface area contributed by atoms with Crippen LogP contribution < -0.4 is 20.7 Å². The maximum Gasteiger partial charge on any atom is 0.321 e. The van der Waals surface area contributed by atoms with Gasteiger partial charge in [-0.15, -0.1) is 0 Å². The Morgan fingerprint density at radius 1 is 1.45 bits per heavy atom. The average molecular weight is 345 g/mol. The van der Waals surface area contributed by atoms with Gasteiger partial charge in [-0.2, -0.15) is 0 Å². The molecule has 3 amide bonds. The van der Waals surface area contributed by atoms with Crippen molar-refractivity contribution in [3.05, 3.63) is 28.2 Å². The highest BCUT2D eigenvalue weighted by Gasteiger charge is 2.14. The SMILES string of the molecule is CNC(=O)NC(=O)C[NH2+][C@@H](C)c1ccc(OC)c(Br)c1. The zero-order valence-electron chi connectivity index (χ0n) is 11.7. The number of carbonyl (C=O) groups excluding carboxylic acids is 2. The van der Waals surface area contributed by atoms with Crippen molar-refractivity contribution in [2.45, 2.75) is 13.0 Å². The minimum atomic E-state index is -0.497. The molecule has 0 heterocycles. The number of imide groups is 1. The lowest BCUT2D eigenvalue weighted by atomic mass is 10.1. The number of methoxy groups -OCH3 is 1. The van der Waals surface area contributed by atoms with Gasteiger partial charge in [0.15, 0.2) is 6.54 Å². The van der Waals surface area contributed by atoms with Gasteiger partial charge in [-0.05, 0) is 41.1 Å². The monoisotopic (exact) mass is 344 g/mol. The van der Waals surface area contributed by atoms with Crippen molar-refractivity contribution in [3.63, 3.8) is 0 Å². The molecule has 0 aliphatic heterocycles. The molecule has 0 aliphatic carbocycles. The third-order valence-electron chi connectivity index (χ3n) is 2.84. The Hall–Kier alpha value is -1.60. The molecule has 4 N–H and O–H groups in total. The number of amides is 3. The Bertz CT molecular complexity index is 494. The number of nitrogens with two attached hydrogens (primary N) is 1. The van der Waals surface area contributed by atoms with E-state index in [2.05, 4.69) is 26.6 Å². The summed E-state index contributed by atoms with van der Waals surface area (Å²) in [7, 11) is 3.07. The van der Waals surface area contributed by atoms with E-state index in [1.165, 1.54) is 7.05 Å². The van der Waals surface area contributed by atoms with Gasteiger partial charge in [-0.1, -0.05) is 0 Å². The molecule has 0 spiro atoms. The summed E-state index contributed by atoms with van der Waals surface area (Å²) in [5.41, 5.74) is 1.06. The average Bonchev–Trinajstić information content (AvgIpc) is 2.44. The summed E-state index contributed by atoms with van der Waals surface area (Å²) in [4.78, 5) is 22.5. The van der Waals surface area contributed by atoms with Gasteiger partial charge in [0.1, 0.15) is 11.8 Å². The van der Waals surface area contributed by atoms with Crippen molar-refractivity contribution in [2.75, 3.05) is 20.7 Å². The van der Waals surface area contributed by atoms with Gasteiger partial charge in [-0.3, -0.25) is 10.1 Å². The van der Waals surface area contributed by atoms with Crippen LogP contribution in [0.25, 0.3) is 0 Å². The number of urea groups is 1. The van der Waals surface area contributed by atoms with E-state index < -0.39 is 6.03 Å². The lowest BCUT2D eigenvalue weighted by Crippen LogP contribution is -2.87. The molecule has 7 heteroatoms. The van der Waals surface area contributed by atoms with Crippen LogP contribution in [-0.4, -0.2) is 32.6 Å². The molecule has 0 saturated carbocycles. The van der Waals surface area contributed by atoms with Crippen molar-refractivity contribution < 1.29 is 19.6 Å². The molecule has 110 valence electrons. The third kappa shape index (κ3) is 4.82. The van der Waals surface area contributed by atoms with Crippen LogP contribution in [0.15, 0.2) is 22.7 Å². The van der Waals surface area contributed by atoms with Crippen molar-refractivity contribution in [3.8, 4) is 5.75 Å². The quantitative estimate of drug-likeness (QED) is 0.728. The maximum absolute atomic E-state index is 11.5. The molecule has 1 aromatic carbocycles. The van der Waals surface area contributed by atoms with Crippen LogP contribution in [0.4, 0.5) is 4.79 Å². The number of halogens is 1. The zero-order valence-corrected chi connectivity index (χ0v) is 13.3. The Morgan fingerprint density at radius 3 is 2.70 bits per heavy atom. The Morgan fingerprint density at radius 2 is 2.15 bits per heavy atom. The van der Waals surface area contributed by atoms with Gasteiger partial charge in [0, 0.05) is 12.6 Å². The van der Waals surface area contributed by atoms with Gasteiger partial charge in [0.05, 0.1) is 11.6 Å². The number of nitrogens with one attached hydrogen (secondary N) is 2. The third-order valence-corrected chi connectivity index (χ3v) is 3.46. The molecule has 0 radical (unpaired) electrons. The summed E-state index contributed by atoms with van der Waals surface area (Å²) in [6.07, 6.45) is 0. The Balaban J connectivity index is 2.54. The van der Waals surface area contributed by atoms with E-state index in [0.29, 0.717) is 0 Å². The summed E-state index contributed by atoms with van der Waals surface area (Å²) in [5, 5.41) is 6.40. The molecule has 0 aromatic heterocycles. The number of hydrogen-bond donors (Lipinski definition) is 3. The predicted molar refractivity (Wildman–Crippen MR) is 78.5 cm³/mol. The van der Waals surface area contributed by atoms with Crippen molar-refractivity contribution in [1.82, 2.24) is 10.6 Å². The second kappa shape index (κ2) is 7.86. The molecule has 0 saturated heterocycles. The summed E-state index contributed by atoms with van der Waals surface area (Å²) in [5.74, 6) is 0.432. The van der Waals surface area contributed by atoms with E-state index in [-0.39, 0.29) is 18.5 Å². The fourth-order valence-electron chi connectivity index (χ4n) is 1.63. The maximum atomic E-state index is 11.5. The fraction of sp³-hybridized carbons (Fsp3) is 0.385. The van der Waals surface area contributed by atoms with Crippen LogP contribution in [0, 0.1) is 0 Å². The largest absolute Gasteiger partial charge is 0.496 e. The van der Waals surface area contributed by atoms with Gasteiger partial charge in [-0.25, -0.2) is 4.79 Å². The van der Waals surface area contributed by atoms with E-state index in [1.807, 2.05) is 30.4 Å².